The molecule has 2 amide bonds. The Kier molecular flexibility index (Phi) is 4.82. The van der Waals surface area contributed by atoms with Gasteiger partial charge in [-0.1, -0.05) is 36.4 Å². The van der Waals surface area contributed by atoms with Crippen molar-refractivity contribution in [3.8, 4) is 0 Å². The third kappa shape index (κ3) is 4.01. The summed E-state index contributed by atoms with van der Waals surface area (Å²) in [5.41, 5.74) is 0.871. The minimum absolute atomic E-state index is 0.141. The van der Waals surface area contributed by atoms with Crippen LogP contribution in [0.3, 0.4) is 0 Å². The third-order valence-electron chi connectivity index (χ3n) is 2.67. The summed E-state index contributed by atoms with van der Waals surface area (Å²) in [5, 5.41) is 2.45. The van der Waals surface area contributed by atoms with Crippen LogP contribution in [0.2, 0.25) is 0 Å². The van der Waals surface area contributed by atoms with E-state index in [1.54, 1.807) is 60.7 Å². The largest absolute Gasteiger partial charge is 0.468 e. The molecule has 0 atom stereocenters. The zero-order chi connectivity index (χ0) is 15.1. The minimum Gasteiger partial charge on any atom is -0.468 e. The number of nitrogens with one attached hydrogen (secondary N) is 1. The third-order valence-corrected chi connectivity index (χ3v) is 2.67. The number of ether oxygens (including phenoxy) is 1. The van der Waals surface area contributed by atoms with Crippen LogP contribution in [0.4, 0.5) is 0 Å². The van der Waals surface area contributed by atoms with E-state index in [0.29, 0.717) is 11.1 Å². The van der Waals surface area contributed by atoms with E-state index in [-0.39, 0.29) is 6.02 Å². The molecular weight excluding hydrogens is 268 g/mol. The van der Waals surface area contributed by atoms with Gasteiger partial charge in [-0.05, 0) is 24.3 Å². The molecule has 106 valence electrons. The van der Waals surface area contributed by atoms with Crippen molar-refractivity contribution in [2.45, 2.75) is 0 Å². The molecule has 0 aliphatic carbocycles. The van der Waals surface area contributed by atoms with E-state index in [1.807, 2.05) is 0 Å². The van der Waals surface area contributed by atoms with Gasteiger partial charge in [-0.2, -0.15) is 4.99 Å². The van der Waals surface area contributed by atoms with Gasteiger partial charge in [-0.3, -0.25) is 14.9 Å². The topological polar surface area (TPSA) is 67.8 Å². The van der Waals surface area contributed by atoms with Crippen molar-refractivity contribution in [3.05, 3.63) is 71.8 Å². The lowest BCUT2D eigenvalue weighted by molar-refractivity contribution is 0.0967. The molecule has 5 heteroatoms. The molecule has 0 aliphatic rings. The number of amidine groups is 1. The monoisotopic (exact) mass is 282 g/mol. The number of methoxy groups -OCH3 is 1. The smallest absolute Gasteiger partial charge is 0.299 e. The van der Waals surface area contributed by atoms with Crippen molar-refractivity contribution in [2.75, 3.05) is 7.11 Å². The molecule has 2 aromatic rings. The summed E-state index contributed by atoms with van der Waals surface area (Å²) in [6.07, 6.45) is 0. The van der Waals surface area contributed by atoms with E-state index in [2.05, 4.69) is 10.3 Å². The van der Waals surface area contributed by atoms with Gasteiger partial charge in [0.05, 0.1) is 7.11 Å². The second-order valence-electron chi connectivity index (χ2n) is 4.11. The van der Waals surface area contributed by atoms with Crippen LogP contribution in [-0.4, -0.2) is 24.9 Å². The summed E-state index contributed by atoms with van der Waals surface area (Å²) in [4.78, 5) is 27.6. The number of amides is 2. The van der Waals surface area contributed by atoms with Gasteiger partial charge in [0.1, 0.15) is 0 Å². The Balaban J connectivity index is 2.11. The maximum Gasteiger partial charge on any atom is 0.299 e. The first-order valence-corrected chi connectivity index (χ1v) is 6.29. The molecule has 0 aliphatic heterocycles. The summed E-state index contributed by atoms with van der Waals surface area (Å²) in [7, 11) is 1.34. The van der Waals surface area contributed by atoms with Gasteiger partial charge < -0.3 is 4.74 Å². The average Bonchev–Trinajstić information content (AvgIpc) is 2.55. The van der Waals surface area contributed by atoms with Gasteiger partial charge in [-0.25, -0.2) is 0 Å². The molecule has 0 saturated heterocycles. The molecule has 2 rings (SSSR count). The predicted octanol–water partition coefficient (Wildman–Crippen LogP) is 2.26. The molecule has 21 heavy (non-hydrogen) atoms. The van der Waals surface area contributed by atoms with Crippen molar-refractivity contribution < 1.29 is 14.3 Å². The lowest BCUT2D eigenvalue weighted by Crippen LogP contribution is -2.32. The number of carbonyl (C=O) groups is 2. The molecule has 0 bridgehead atoms. The van der Waals surface area contributed by atoms with Crippen molar-refractivity contribution in [1.82, 2.24) is 5.32 Å². The maximum atomic E-state index is 11.9. The second-order valence-corrected chi connectivity index (χ2v) is 4.11. The molecule has 0 unspecified atom stereocenters. The number of hydrogen-bond acceptors (Lipinski definition) is 3. The van der Waals surface area contributed by atoms with Crippen LogP contribution in [0, 0.1) is 0 Å². The Morgan fingerprint density at radius 1 is 0.905 bits per heavy atom. The highest BCUT2D eigenvalue weighted by Crippen LogP contribution is 2.02. The zero-order valence-electron chi connectivity index (χ0n) is 11.4. The van der Waals surface area contributed by atoms with Gasteiger partial charge in [0.25, 0.3) is 17.8 Å². The molecule has 0 aromatic heterocycles. The summed E-state index contributed by atoms with van der Waals surface area (Å²) in [6.45, 7) is 0. The van der Waals surface area contributed by atoms with Gasteiger partial charge in [0.15, 0.2) is 0 Å². The molecular formula is C16H14N2O3. The van der Waals surface area contributed by atoms with E-state index < -0.39 is 11.8 Å². The number of nitrogens with zero attached hydrogens (tertiary/aromatic N) is 1. The van der Waals surface area contributed by atoms with E-state index in [1.165, 1.54) is 7.11 Å². The number of hydrogen-bond donors (Lipinski definition) is 1. The summed E-state index contributed by atoms with van der Waals surface area (Å²) in [6, 6.07) is 17.0. The number of benzene rings is 2. The first-order valence-electron chi connectivity index (χ1n) is 6.29. The average molecular weight is 282 g/mol. The fourth-order valence-electron chi connectivity index (χ4n) is 1.62. The molecule has 0 spiro atoms. The van der Waals surface area contributed by atoms with Crippen LogP contribution < -0.4 is 5.32 Å². The lowest BCUT2D eigenvalue weighted by atomic mass is 10.2. The van der Waals surface area contributed by atoms with Gasteiger partial charge in [0, 0.05) is 11.1 Å². The highest BCUT2D eigenvalue weighted by Gasteiger charge is 2.11. The lowest BCUT2D eigenvalue weighted by Gasteiger charge is -2.06. The van der Waals surface area contributed by atoms with Gasteiger partial charge >= 0.3 is 0 Å². The van der Waals surface area contributed by atoms with Gasteiger partial charge in [0.2, 0.25) is 0 Å². The SMILES string of the molecule is COC(=NC(=O)c1ccccc1)NC(=O)c1ccccc1. The zero-order valence-corrected chi connectivity index (χ0v) is 11.4. The van der Waals surface area contributed by atoms with E-state index in [4.69, 9.17) is 4.74 Å². The highest BCUT2D eigenvalue weighted by molar-refractivity contribution is 6.08. The molecule has 0 saturated carbocycles. The molecule has 0 radical (unpaired) electrons. The summed E-state index contributed by atoms with van der Waals surface area (Å²) >= 11 is 0. The normalized spacial score (nSPS) is 10.8. The fourth-order valence-corrected chi connectivity index (χ4v) is 1.62. The molecule has 2 aromatic carbocycles. The molecule has 0 fully saturated rings. The first-order chi connectivity index (χ1) is 10.2. The highest BCUT2D eigenvalue weighted by atomic mass is 16.5. The van der Waals surface area contributed by atoms with Crippen molar-refractivity contribution in [2.24, 2.45) is 4.99 Å². The molecule has 0 heterocycles. The van der Waals surface area contributed by atoms with Gasteiger partial charge in [-0.15, -0.1) is 0 Å². The quantitative estimate of drug-likeness (QED) is 0.678. The first kappa shape index (κ1) is 14.5. The van der Waals surface area contributed by atoms with Crippen molar-refractivity contribution >= 4 is 17.8 Å². The van der Waals surface area contributed by atoms with Crippen molar-refractivity contribution in [1.29, 1.82) is 0 Å². The van der Waals surface area contributed by atoms with E-state index in [9.17, 15) is 9.59 Å². The Bertz CT molecular complexity index is 652. The van der Waals surface area contributed by atoms with Crippen molar-refractivity contribution in [3.63, 3.8) is 0 Å². The Morgan fingerprint density at radius 3 is 1.95 bits per heavy atom. The predicted molar refractivity (Wildman–Crippen MR) is 79.1 cm³/mol. The van der Waals surface area contributed by atoms with Crippen LogP contribution in [0.5, 0.6) is 0 Å². The summed E-state index contributed by atoms with van der Waals surface area (Å²) < 4.78 is 4.93. The molecule has 1 N–H and O–H groups in total. The number of rotatable bonds is 2. The Labute approximate surface area is 122 Å². The number of carbonyl (C=O) groups excluding carboxylic acids is 2. The summed E-state index contributed by atoms with van der Waals surface area (Å²) in [5.74, 6) is -0.877. The van der Waals surface area contributed by atoms with Crippen LogP contribution in [0.25, 0.3) is 0 Å². The van der Waals surface area contributed by atoms with Crippen LogP contribution >= 0.6 is 0 Å². The fraction of sp³-hybridized carbons (Fsp3) is 0.0625. The maximum absolute atomic E-state index is 11.9. The second kappa shape index (κ2) is 7.00. The van der Waals surface area contributed by atoms with E-state index >= 15 is 0 Å². The Morgan fingerprint density at radius 2 is 1.43 bits per heavy atom. The van der Waals surface area contributed by atoms with Crippen LogP contribution in [0.15, 0.2) is 65.7 Å². The number of aliphatic imine (C=N–C) groups is 1. The minimum atomic E-state index is -0.485. The molecule has 5 nitrogen and oxygen atoms in total. The van der Waals surface area contributed by atoms with Crippen LogP contribution in [-0.2, 0) is 4.74 Å². The Hall–Kier alpha value is -2.95. The standard InChI is InChI=1S/C16H14N2O3/c1-21-16(17-14(19)12-8-4-2-5-9-12)18-15(20)13-10-6-3-7-11-13/h2-11H,1H3,(H,17,18,19,20). The van der Waals surface area contributed by atoms with E-state index in [0.717, 1.165) is 0 Å². The van der Waals surface area contributed by atoms with Crippen LogP contribution in [0.1, 0.15) is 20.7 Å².